The Morgan fingerprint density at radius 3 is 2.50 bits per heavy atom. The maximum absolute atomic E-state index is 13.8. The van der Waals surface area contributed by atoms with Crippen molar-refractivity contribution in [3.63, 3.8) is 0 Å². The molecule has 2 fully saturated rings. The molecule has 10 nitrogen and oxygen atoms in total. The molecule has 0 spiro atoms. The summed E-state index contributed by atoms with van der Waals surface area (Å²) in [6.07, 6.45) is 0.888. The van der Waals surface area contributed by atoms with Crippen molar-refractivity contribution in [3.05, 3.63) is 35.5 Å². The summed E-state index contributed by atoms with van der Waals surface area (Å²) in [5.41, 5.74) is -0.221. The van der Waals surface area contributed by atoms with Crippen LogP contribution in [0.1, 0.15) is 61.4 Å². The lowest BCUT2D eigenvalue weighted by molar-refractivity contribution is -0.137. The zero-order valence-electron chi connectivity index (χ0n) is 22.9. The molecule has 2 aromatic rings. The lowest BCUT2D eigenvalue weighted by Crippen LogP contribution is -2.48. The van der Waals surface area contributed by atoms with Gasteiger partial charge in [0.25, 0.3) is 5.91 Å². The van der Waals surface area contributed by atoms with Crippen molar-refractivity contribution in [2.24, 2.45) is 0 Å². The van der Waals surface area contributed by atoms with Gasteiger partial charge in [0.2, 0.25) is 11.9 Å². The van der Waals surface area contributed by atoms with Crippen LogP contribution in [0.25, 0.3) is 0 Å². The van der Waals surface area contributed by atoms with E-state index in [1.165, 1.54) is 14.0 Å². The van der Waals surface area contributed by atoms with Crippen LogP contribution in [0.3, 0.4) is 0 Å². The highest BCUT2D eigenvalue weighted by Gasteiger charge is 2.37. The number of piperidine rings is 1. The molecule has 0 bridgehead atoms. The first-order valence-electron chi connectivity index (χ1n) is 13.5. The Morgan fingerprint density at radius 2 is 1.82 bits per heavy atom. The zero-order valence-corrected chi connectivity index (χ0v) is 22.9. The number of benzene rings is 1. The van der Waals surface area contributed by atoms with Gasteiger partial charge in [-0.2, -0.15) is 18.2 Å². The minimum Gasteiger partial charge on any atom is -0.495 e. The highest BCUT2D eigenvalue weighted by atomic mass is 19.4. The van der Waals surface area contributed by atoms with Gasteiger partial charge in [0.15, 0.2) is 0 Å². The van der Waals surface area contributed by atoms with Crippen LogP contribution in [0.15, 0.2) is 24.4 Å². The Morgan fingerprint density at radius 1 is 1.07 bits per heavy atom. The molecule has 1 saturated carbocycles. The van der Waals surface area contributed by atoms with Gasteiger partial charge in [-0.1, -0.05) is 12.8 Å². The number of alkyl halides is 3. The molecule has 0 radical (unpaired) electrons. The maximum atomic E-state index is 13.8. The first kappa shape index (κ1) is 29.4. The second kappa shape index (κ2) is 12.7. The Kier molecular flexibility index (Phi) is 9.33. The van der Waals surface area contributed by atoms with Crippen LogP contribution in [-0.4, -0.2) is 72.1 Å². The molecule has 1 unspecified atom stereocenters. The van der Waals surface area contributed by atoms with Crippen molar-refractivity contribution in [3.8, 4) is 5.75 Å². The van der Waals surface area contributed by atoms with Crippen LogP contribution >= 0.6 is 0 Å². The Balaban J connectivity index is 1.54. The van der Waals surface area contributed by atoms with Crippen LogP contribution in [0.5, 0.6) is 5.75 Å². The van der Waals surface area contributed by atoms with Gasteiger partial charge in [-0.05, 0) is 57.5 Å². The normalized spacial score (nSPS) is 21.8. The highest BCUT2D eigenvalue weighted by molar-refractivity contribution is 5.95. The first-order valence-corrected chi connectivity index (χ1v) is 13.5. The van der Waals surface area contributed by atoms with Gasteiger partial charge in [0.1, 0.15) is 17.1 Å². The average Bonchev–Trinajstić information content (AvgIpc) is 2.89. The van der Waals surface area contributed by atoms with E-state index in [2.05, 4.69) is 36.1 Å². The number of rotatable bonds is 8. The number of methoxy groups -OCH3 is 1. The molecule has 1 aliphatic heterocycles. The van der Waals surface area contributed by atoms with E-state index in [0.717, 1.165) is 45.0 Å². The molecule has 1 saturated heterocycles. The highest BCUT2D eigenvalue weighted by Crippen LogP contribution is 2.36. The van der Waals surface area contributed by atoms with Crippen molar-refractivity contribution in [2.45, 2.75) is 69.8 Å². The SMILES string of the molecule is COc1cc(C(=O)NC2CCCN(C)C2)ccc1Nc1ncc(C(F)(F)F)c(N[C@@H]2CCCC[C@H]2NC(C)=O)n1. The van der Waals surface area contributed by atoms with Gasteiger partial charge in [-0.3, -0.25) is 9.59 Å². The van der Waals surface area contributed by atoms with Crippen LogP contribution in [-0.2, 0) is 11.0 Å². The molecule has 2 amide bonds. The van der Waals surface area contributed by atoms with E-state index >= 15 is 0 Å². The molecular formula is C27H36F3N7O3. The number of hydrogen-bond donors (Lipinski definition) is 4. The molecule has 1 aromatic carbocycles. The number of halogens is 3. The predicted molar refractivity (Wildman–Crippen MR) is 145 cm³/mol. The zero-order chi connectivity index (χ0) is 28.9. The fourth-order valence-electron chi connectivity index (χ4n) is 5.28. The number of ether oxygens (including phenoxy) is 1. The van der Waals surface area contributed by atoms with E-state index in [9.17, 15) is 22.8 Å². The average molecular weight is 564 g/mol. The number of carbonyl (C=O) groups excluding carboxylic acids is 2. The number of hydrogen-bond acceptors (Lipinski definition) is 8. The predicted octanol–water partition coefficient (Wildman–Crippen LogP) is 3.93. The molecule has 1 aliphatic carbocycles. The summed E-state index contributed by atoms with van der Waals surface area (Å²) in [5, 5.41) is 11.7. The molecular weight excluding hydrogens is 527 g/mol. The fraction of sp³-hybridized carbons (Fsp3) is 0.556. The molecule has 4 N–H and O–H groups in total. The third-order valence-electron chi connectivity index (χ3n) is 7.24. The fourth-order valence-corrected chi connectivity index (χ4v) is 5.28. The second-order valence-corrected chi connectivity index (χ2v) is 10.4. The summed E-state index contributed by atoms with van der Waals surface area (Å²) >= 11 is 0. The molecule has 1 aromatic heterocycles. The van der Waals surface area contributed by atoms with Gasteiger partial charge in [-0.15, -0.1) is 0 Å². The third kappa shape index (κ3) is 7.52. The summed E-state index contributed by atoms with van der Waals surface area (Å²) in [7, 11) is 3.45. The maximum Gasteiger partial charge on any atom is 0.421 e. The number of amides is 2. The van der Waals surface area contributed by atoms with Gasteiger partial charge < -0.3 is 30.9 Å². The van der Waals surface area contributed by atoms with E-state index in [-0.39, 0.29) is 35.7 Å². The summed E-state index contributed by atoms with van der Waals surface area (Å²) in [6, 6.07) is 4.09. The minimum atomic E-state index is -4.68. The summed E-state index contributed by atoms with van der Waals surface area (Å²) < 4.78 is 46.9. The van der Waals surface area contributed by atoms with Gasteiger partial charge >= 0.3 is 6.18 Å². The number of likely N-dealkylation sites (N-methyl/N-ethyl adjacent to an activating group) is 1. The number of carbonyl (C=O) groups is 2. The molecule has 40 heavy (non-hydrogen) atoms. The molecule has 4 rings (SSSR count). The van der Waals surface area contributed by atoms with Crippen LogP contribution in [0, 0.1) is 0 Å². The summed E-state index contributed by atoms with van der Waals surface area (Å²) in [6.45, 7) is 3.16. The van der Waals surface area contributed by atoms with E-state index in [0.29, 0.717) is 29.8 Å². The van der Waals surface area contributed by atoms with Gasteiger partial charge in [-0.25, -0.2) is 4.98 Å². The molecule has 13 heteroatoms. The summed E-state index contributed by atoms with van der Waals surface area (Å²) in [4.78, 5) is 34.7. The van der Waals surface area contributed by atoms with E-state index in [1.54, 1.807) is 18.2 Å². The number of nitrogens with one attached hydrogen (secondary N) is 4. The van der Waals surface area contributed by atoms with Gasteiger partial charge in [0, 0.05) is 43.4 Å². The van der Waals surface area contributed by atoms with Crippen LogP contribution in [0.2, 0.25) is 0 Å². The Labute approximate surface area is 231 Å². The Hall–Kier alpha value is -3.61. The standard InChI is InChI=1S/C27H36F3N7O3/c1-16(38)32-20-8-4-5-9-21(20)34-24-19(27(28,29)30)14-31-26(36-24)35-22-11-10-17(13-23(22)40-3)25(39)33-18-7-6-12-37(2)15-18/h10-11,13-14,18,20-21H,4-9,12,15H2,1-3H3,(H,32,38)(H,33,39)(H2,31,34,35,36)/t18?,20-,21-/m1/s1. The number of aromatic nitrogens is 2. The lowest BCUT2D eigenvalue weighted by atomic mass is 9.90. The topological polar surface area (TPSA) is 121 Å². The lowest BCUT2D eigenvalue weighted by Gasteiger charge is -2.33. The Bertz CT molecular complexity index is 1210. The number of nitrogens with zero attached hydrogens (tertiary/aromatic N) is 3. The number of likely N-dealkylation sites (tertiary alicyclic amines) is 1. The number of anilines is 3. The molecule has 218 valence electrons. The largest absolute Gasteiger partial charge is 0.495 e. The smallest absolute Gasteiger partial charge is 0.421 e. The molecule has 2 heterocycles. The monoisotopic (exact) mass is 563 g/mol. The van der Waals surface area contributed by atoms with Crippen molar-refractivity contribution in [2.75, 3.05) is 37.9 Å². The first-order chi connectivity index (χ1) is 19.0. The molecule has 3 atom stereocenters. The van der Waals surface area contributed by atoms with Crippen LogP contribution < -0.4 is 26.0 Å². The van der Waals surface area contributed by atoms with E-state index in [1.807, 2.05) is 7.05 Å². The van der Waals surface area contributed by atoms with Crippen molar-refractivity contribution < 1.29 is 27.5 Å². The van der Waals surface area contributed by atoms with E-state index < -0.39 is 17.8 Å². The van der Waals surface area contributed by atoms with Crippen molar-refractivity contribution in [1.29, 1.82) is 0 Å². The van der Waals surface area contributed by atoms with E-state index in [4.69, 9.17) is 4.74 Å². The van der Waals surface area contributed by atoms with Gasteiger partial charge in [0.05, 0.1) is 12.8 Å². The minimum absolute atomic E-state index is 0.0518. The second-order valence-electron chi connectivity index (χ2n) is 10.4. The quantitative estimate of drug-likeness (QED) is 0.382. The van der Waals surface area contributed by atoms with Crippen molar-refractivity contribution in [1.82, 2.24) is 25.5 Å². The van der Waals surface area contributed by atoms with Crippen LogP contribution in [0.4, 0.5) is 30.6 Å². The van der Waals surface area contributed by atoms with Crippen molar-refractivity contribution >= 4 is 29.3 Å². The summed E-state index contributed by atoms with van der Waals surface area (Å²) in [5.74, 6) is -0.620. The third-order valence-corrected chi connectivity index (χ3v) is 7.24. The molecule has 2 aliphatic rings.